The van der Waals surface area contributed by atoms with Gasteiger partial charge in [0.1, 0.15) is 39.2 Å². The summed E-state index contributed by atoms with van der Waals surface area (Å²) in [7, 11) is 11.4. The Morgan fingerprint density at radius 2 is 0.607 bits per heavy atom. The maximum Gasteiger partial charge on any atom is 0.141 e. The molecule has 8 aromatic carbocycles. The smallest absolute Gasteiger partial charge is 0.141 e. The lowest BCUT2D eigenvalue weighted by molar-refractivity contribution is 1.13. The zero-order valence-corrected chi connectivity index (χ0v) is 32.4. The van der Waals surface area contributed by atoms with Crippen LogP contribution in [0.15, 0.2) is 158 Å². The summed E-state index contributed by atoms with van der Waals surface area (Å²) in [5, 5.41) is 7.59. The van der Waals surface area contributed by atoms with Crippen molar-refractivity contribution in [1.29, 1.82) is 0 Å². The van der Waals surface area contributed by atoms with Gasteiger partial charge in [-0.15, -0.1) is 5.46 Å². The molecule has 11 aromatic rings. The quantitative estimate of drug-likeness (QED) is 0.247. The van der Waals surface area contributed by atoms with Crippen LogP contribution >= 0.6 is 0 Å². The number of fused-ring (bicyclic) bond motifs is 9. The highest BCUT2D eigenvalue weighted by molar-refractivity contribution is 6.68. The van der Waals surface area contributed by atoms with E-state index in [0.29, 0.717) is 0 Å². The second-order valence-corrected chi connectivity index (χ2v) is 15.5. The molecule has 3 aromatic heterocycles. The van der Waals surface area contributed by atoms with E-state index in [1.54, 1.807) is 0 Å². The SMILES string of the molecule is Bc1c(B)c(B)c(-n2c3ccccc3c3cc(-c4ccc5c(c4)c4ccccc4n5-c4cccc(-n5c6ccccc6c6ccccc65)c4)ccc32)c(B)c1B. The Bertz CT molecular complexity index is 3360. The summed E-state index contributed by atoms with van der Waals surface area (Å²) in [6.45, 7) is 0. The Labute approximate surface area is 330 Å². The Balaban J connectivity index is 1.09. The molecular weight excluding hydrogens is 673 g/mol. The molecule has 0 saturated heterocycles. The third-order valence-electron chi connectivity index (χ3n) is 12.8. The van der Waals surface area contributed by atoms with E-state index in [0.717, 1.165) is 11.4 Å². The molecule has 56 heavy (non-hydrogen) atoms. The number of rotatable bonds is 4. The molecule has 3 nitrogen and oxygen atoms in total. The van der Waals surface area contributed by atoms with Crippen molar-refractivity contribution in [1.82, 2.24) is 13.7 Å². The van der Waals surface area contributed by atoms with Gasteiger partial charge in [-0.3, -0.25) is 0 Å². The highest BCUT2D eigenvalue weighted by Gasteiger charge is 2.20. The number of aromatic nitrogens is 3. The predicted molar refractivity (Wildman–Crippen MR) is 256 cm³/mol. The first kappa shape index (κ1) is 32.9. The van der Waals surface area contributed by atoms with Crippen LogP contribution in [0.4, 0.5) is 0 Å². The van der Waals surface area contributed by atoms with Crippen molar-refractivity contribution in [2.75, 3.05) is 0 Å². The minimum Gasteiger partial charge on any atom is -0.310 e. The van der Waals surface area contributed by atoms with Crippen LogP contribution in [0, 0.1) is 0 Å². The third kappa shape index (κ3) is 4.59. The van der Waals surface area contributed by atoms with Crippen molar-refractivity contribution in [3.8, 4) is 28.2 Å². The van der Waals surface area contributed by atoms with E-state index in [1.165, 1.54) is 110 Å². The van der Waals surface area contributed by atoms with Crippen molar-refractivity contribution in [3.05, 3.63) is 158 Å². The van der Waals surface area contributed by atoms with Gasteiger partial charge in [0.25, 0.3) is 0 Å². The van der Waals surface area contributed by atoms with Crippen molar-refractivity contribution >= 4 is 132 Å². The second-order valence-electron chi connectivity index (χ2n) is 15.5. The van der Waals surface area contributed by atoms with Crippen molar-refractivity contribution < 1.29 is 0 Å². The summed E-state index contributed by atoms with van der Waals surface area (Å²) in [5.74, 6) is 0. The average molecular weight is 709 g/mol. The molecule has 0 aliphatic carbocycles. The number of nitrogens with zero attached hydrogens (tertiary/aromatic N) is 3. The highest BCUT2D eigenvalue weighted by atomic mass is 15.0. The molecule has 0 radical (unpaired) electrons. The number of hydrogen-bond acceptors (Lipinski definition) is 0. The summed E-state index contributed by atoms with van der Waals surface area (Å²) in [4.78, 5) is 0. The van der Waals surface area contributed by atoms with Gasteiger partial charge in [-0.1, -0.05) is 113 Å². The Kier molecular flexibility index (Phi) is 7.19. The summed E-state index contributed by atoms with van der Waals surface area (Å²) in [6.07, 6.45) is 0. The average Bonchev–Trinajstić information content (AvgIpc) is 3.88. The topological polar surface area (TPSA) is 14.8 Å². The van der Waals surface area contributed by atoms with Crippen molar-refractivity contribution in [2.24, 2.45) is 0 Å². The molecule has 0 spiro atoms. The molecule has 0 bridgehead atoms. The molecule has 258 valence electrons. The molecule has 0 unspecified atom stereocenters. The zero-order valence-electron chi connectivity index (χ0n) is 32.4. The van der Waals surface area contributed by atoms with Crippen LogP contribution < -0.4 is 27.3 Å². The van der Waals surface area contributed by atoms with E-state index < -0.39 is 0 Å². The lowest BCUT2D eigenvalue weighted by atomic mass is 9.61. The van der Waals surface area contributed by atoms with Crippen LogP contribution in [0.2, 0.25) is 0 Å². The van der Waals surface area contributed by atoms with Crippen LogP contribution in [0.25, 0.3) is 93.6 Å². The van der Waals surface area contributed by atoms with E-state index in [-0.39, 0.29) is 0 Å². The fourth-order valence-corrected chi connectivity index (χ4v) is 9.61. The van der Waals surface area contributed by atoms with Crippen molar-refractivity contribution in [2.45, 2.75) is 0 Å². The van der Waals surface area contributed by atoms with E-state index in [1.807, 2.05) is 0 Å². The Morgan fingerprint density at radius 3 is 1.05 bits per heavy atom. The summed E-state index contributed by atoms with van der Waals surface area (Å²) in [6, 6.07) is 58.2. The second kappa shape index (κ2) is 12.2. The normalized spacial score (nSPS) is 11.9. The largest absolute Gasteiger partial charge is 0.310 e. The van der Waals surface area contributed by atoms with E-state index >= 15 is 0 Å². The molecule has 0 amide bonds. The lowest BCUT2D eigenvalue weighted by Crippen LogP contribution is -2.56. The monoisotopic (exact) mass is 709 g/mol. The molecule has 8 heteroatoms. The van der Waals surface area contributed by atoms with Gasteiger partial charge >= 0.3 is 0 Å². The predicted octanol–water partition coefficient (Wildman–Crippen LogP) is 3.94. The van der Waals surface area contributed by atoms with Gasteiger partial charge < -0.3 is 13.7 Å². The number of para-hydroxylation sites is 4. The summed E-state index contributed by atoms with van der Waals surface area (Å²) < 4.78 is 7.33. The molecular formula is C48H36B5N3. The van der Waals surface area contributed by atoms with Crippen LogP contribution in [-0.4, -0.2) is 52.9 Å². The minimum atomic E-state index is 1.14. The minimum absolute atomic E-state index is 1.14. The fourth-order valence-electron chi connectivity index (χ4n) is 9.61. The van der Waals surface area contributed by atoms with Gasteiger partial charge in [-0.05, 0) is 77.9 Å². The maximum atomic E-state index is 2.50. The molecule has 3 heterocycles. The van der Waals surface area contributed by atoms with Gasteiger partial charge in [-0.2, -0.15) is 0 Å². The number of hydrogen-bond donors (Lipinski definition) is 0. The van der Waals surface area contributed by atoms with E-state index in [4.69, 9.17) is 0 Å². The van der Waals surface area contributed by atoms with Crippen LogP contribution in [0.5, 0.6) is 0 Å². The van der Waals surface area contributed by atoms with Crippen molar-refractivity contribution in [3.63, 3.8) is 0 Å². The van der Waals surface area contributed by atoms with Gasteiger partial charge in [0, 0.05) is 49.4 Å². The van der Waals surface area contributed by atoms with Gasteiger partial charge in [0.05, 0.1) is 33.1 Å². The standard InChI is InChI=1S/C48H36B5N3/c49-43-44(50)46(52)48(47(53)45(43)51)56-40-19-8-4-15-34(40)36-25-28(21-23-42(36)56)27-20-22-41-35(24-27)33-14-3-7-18-39(33)55(41)30-11-9-10-29(26-30)54-37-16-5-1-12-31(37)32-13-2-6-17-38(32)54/h1-26H,49-53H2. The first-order valence-corrected chi connectivity index (χ1v) is 19.6. The zero-order chi connectivity index (χ0) is 37.8. The van der Waals surface area contributed by atoms with E-state index in [2.05, 4.69) is 211 Å². The Morgan fingerprint density at radius 1 is 0.268 bits per heavy atom. The molecule has 0 N–H and O–H groups in total. The molecule has 0 saturated carbocycles. The van der Waals surface area contributed by atoms with Crippen LogP contribution in [0.1, 0.15) is 0 Å². The van der Waals surface area contributed by atoms with Gasteiger partial charge in [0.15, 0.2) is 0 Å². The third-order valence-corrected chi connectivity index (χ3v) is 12.8. The van der Waals surface area contributed by atoms with Gasteiger partial charge in [0.2, 0.25) is 0 Å². The first-order chi connectivity index (χ1) is 27.4. The molecule has 0 aliphatic rings. The lowest BCUT2D eigenvalue weighted by Gasteiger charge is -2.22. The highest BCUT2D eigenvalue weighted by Crippen LogP contribution is 2.39. The fraction of sp³-hybridized carbons (Fsp3) is 0. The summed E-state index contributed by atoms with van der Waals surface area (Å²) in [5.41, 5.74) is 20.2. The maximum absolute atomic E-state index is 2.50. The first-order valence-electron chi connectivity index (χ1n) is 19.6. The van der Waals surface area contributed by atoms with Crippen LogP contribution in [0.3, 0.4) is 0 Å². The number of benzene rings is 8. The van der Waals surface area contributed by atoms with Crippen LogP contribution in [-0.2, 0) is 0 Å². The Hall–Kier alpha value is -6.52. The van der Waals surface area contributed by atoms with E-state index in [9.17, 15) is 0 Å². The molecule has 0 aliphatic heterocycles. The molecule has 11 rings (SSSR count). The summed E-state index contributed by atoms with van der Waals surface area (Å²) >= 11 is 0. The molecule has 0 atom stereocenters. The molecule has 0 fully saturated rings. The van der Waals surface area contributed by atoms with Gasteiger partial charge in [-0.25, -0.2) is 0 Å².